The smallest absolute Gasteiger partial charge is 0.310 e. The highest BCUT2D eigenvalue weighted by Gasteiger charge is 2.28. The van der Waals surface area contributed by atoms with Gasteiger partial charge in [-0.1, -0.05) is 23.8 Å². The zero-order valence-corrected chi connectivity index (χ0v) is 11.9. The van der Waals surface area contributed by atoms with Crippen LogP contribution in [0.25, 0.3) is 0 Å². The van der Waals surface area contributed by atoms with E-state index in [4.69, 9.17) is 5.11 Å². The molecule has 1 aromatic rings. The summed E-state index contributed by atoms with van der Waals surface area (Å²) in [5.41, 5.74) is 3.03. The molecule has 0 radical (unpaired) electrons. The summed E-state index contributed by atoms with van der Waals surface area (Å²) >= 11 is 0. The average molecular weight is 249 g/mol. The van der Waals surface area contributed by atoms with Gasteiger partial charge in [0.25, 0.3) is 0 Å². The second-order valence-corrected chi connectivity index (χ2v) is 5.79. The Morgan fingerprint density at radius 3 is 2.50 bits per heavy atom. The topological polar surface area (TPSA) is 40.5 Å². The fraction of sp³-hybridized carbons (Fsp3) is 0.533. The molecule has 0 aromatic heterocycles. The summed E-state index contributed by atoms with van der Waals surface area (Å²) in [6.45, 7) is 9.00. The molecule has 0 amide bonds. The first-order valence-corrected chi connectivity index (χ1v) is 6.20. The van der Waals surface area contributed by atoms with Gasteiger partial charge in [-0.25, -0.2) is 0 Å². The van der Waals surface area contributed by atoms with Crippen molar-refractivity contribution in [2.75, 3.05) is 13.6 Å². The highest BCUT2D eigenvalue weighted by atomic mass is 16.4. The van der Waals surface area contributed by atoms with E-state index in [1.807, 2.05) is 7.05 Å². The molecule has 3 nitrogen and oxygen atoms in total. The van der Waals surface area contributed by atoms with Crippen molar-refractivity contribution in [3.05, 3.63) is 34.9 Å². The van der Waals surface area contributed by atoms with Gasteiger partial charge in [0.2, 0.25) is 0 Å². The van der Waals surface area contributed by atoms with Crippen molar-refractivity contribution in [3.63, 3.8) is 0 Å². The first-order valence-electron chi connectivity index (χ1n) is 6.20. The molecule has 1 rings (SSSR count). The Balaban J connectivity index is 2.73. The number of nitrogens with zero attached hydrogens (tertiary/aromatic N) is 1. The van der Waals surface area contributed by atoms with E-state index in [2.05, 4.69) is 36.9 Å². The van der Waals surface area contributed by atoms with Crippen molar-refractivity contribution in [2.24, 2.45) is 5.41 Å². The third kappa shape index (κ3) is 3.84. The molecule has 0 heterocycles. The zero-order chi connectivity index (χ0) is 13.9. The number of hydrogen-bond donors (Lipinski definition) is 1. The lowest BCUT2D eigenvalue weighted by atomic mass is 9.93. The van der Waals surface area contributed by atoms with Gasteiger partial charge >= 0.3 is 5.97 Å². The molecule has 0 bridgehead atoms. The molecule has 0 unspecified atom stereocenters. The predicted molar refractivity (Wildman–Crippen MR) is 73.7 cm³/mol. The van der Waals surface area contributed by atoms with Crippen LogP contribution in [0.2, 0.25) is 0 Å². The zero-order valence-electron chi connectivity index (χ0n) is 11.9. The van der Waals surface area contributed by atoms with Crippen LogP contribution in [-0.2, 0) is 11.3 Å². The van der Waals surface area contributed by atoms with E-state index in [-0.39, 0.29) is 0 Å². The maximum Gasteiger partial charge on any atom is 0.310 e. The average Bonchev–Trinajstić information content (AvgIpc) is 2.22. The molecule has 18 heavy (non-hydrogen) atoms. The van der Waals surface area contributed by atoms with Crippen LogP contribution >= 0.6 is 0 Å². The lowest BCUT2D eigenvalue weighted by Crippen LogP contribution is -2.37. The Bertz CT molecular complexity index is 438. The second kappa shape index (κ2) is 5.53. The van der Waals surface area contributed by atoms with Gasteiger partial charge in [-0.3, -0.25) is 4.79 Å². The SMILES string of the molecule is Cc1ccc(C)c(CN(C)CC(C)(C)C(=O)O)c1. The van der Waals surface area contributed by atoms with Gasteiger partial charge in [0.15, 0.2) is 0 Å². The summed E-state index contributed by atoms with van der Waals surface area (Å²) in [6, 6.07) is 6.38. The molecular weight excluding hydrogens is 226 g/mol. The Kier molecular flexibility index (Phi) is 4.52. The third-order valence-corrected chi connectivity index (χ3v) is 3.19. The normalized spacial score (nSPS) is 11.9. The molecule has 1 aromatic carbocycles. The van der Waals surface area contributed by atoms with Gasteiger partial charge in [0.1, 0.15) is 0 Å². The van der Waals surface area contributed by atoms with Crippen molar-refractivity contribution in [1.82, 2.24) is 4.90 Å². The van der Waals surface area contributed by atoms with E-state index in [1.165, 1.54) is 16.7 Å². The predicted octanol–water partition coefficient (Wildman–Crippen LogP) is 2.85. The molecule has 0 aliphatic carbocycles. The van der Waals surface area contributed by atoms with E-state index in [0.29, 0.717) is 6.54 Å². The van der Waals surface area contributed by atoms with Crippen LogP contribution in [0.15, 0.2) is 18.2 Å². The number of aryl methyl sites for hydroxylation is 2. The van der Waals surface area contributed by atoms with Crippen molar-refractivity contribution >= 4 is 5.97 Å². The number of benzene rings is 1. The fourth-order valence-corrected chi connectivity index (χ4v) is 2.06. The highest BCUT2D eigenvalue weighted by molar-refractivity contribution is 5.73. The summed E-state index contributed by atoms with van der Waals surface area (Å²) in [7, 11) is 1.96. The summed E-state index contributed by atoms with van der Waals surface area (Å²) in [5, 5.41) is 9.13. The number of carboxylic acids is 1. The largest absolute Gasteiger partial charge is 0.481 e. The molecule has 0 atom stereocenters. The minimum atomic E-state index is -0.754. The van der Waals surface area contributed by atoms with Crippen LogP contribution in [0.5, 0.6) is 0 Å². The molecule has 0 saturated heterocycles. The maximum atomic E-state index is 11.1. The Labute approximate surface area is 109 Å². The van der Waals surface area contributed by atoms with Crippen LogP contribution in [0.1, 0.15) is 30.5 Å². The third-order valence-electron chi connectivity index (χ3n) is 3.19. The maximum absolute atomic E-state index is 11.1. The molecule has 0 aliphatic rings. The van der Waals surface area contributed by atoms with Crippen molar-refractivity contribution in [1.29, 1.82) is 0 Å². The molecular formula is C15H23NO2. The molecule has 3 heteroatoms. The van der Waals surface area contributed by atoms with Gasteiger partial charge in [0, 0.05) is 13.1 Å². The van der Waals surface area contributed by atoms with E-state index in [1.54, 1.807) is 13.8 Å². The summed E-state index contributed by atoms with van der Waals surface area (Å²) in [4.78, 5) is 13.2. The number of hydrogen-bond acceptors (Lipinski definition) is 2. The summed E-state index contributed by atoms with van der Waals surface area (Å²) in [6.07, 6.45) is 0. The Morgan fingerprint density at radius 1 is 1.33 bits per heavy atom. The van der Waals surface area contributed by atoms with E-state index < -0.39 is 11.4 Å². The number of carbonyl (C=O) groups is 1. The quantitative estimate of drug-likeness (QED) is 0.872. The minimum absolute atomic E-state index is 0.537. The minimum Gasteiger partial charge on any atom is -0.481 e. The Morgan fingerprint density at radius 2 is 1.94 bits per heavy atom. The van der Waals surface area contributed by atoms with E-state index in [0.717, 1.165) is 6.54 Å². The second-order valence-electron chi connectivity index (χ2n) is 5.79. The molecule has 0 aliphatic heterocycles. The van der Waals surface area contributed by atoms with Gasteiger partial charge in [-0.15, -0.1) is 0 Å². The van der Waals surface area contributed by atoms with Crippen LogP contribution in [-0.4, -0.2) is 29.6 Å². The van der Waals surface area contributed by atoms with E-state index >= 15 is 0 Å². The lowest BCUT2D eigenvalue weighted by molar-refractivity contribution is -0.147. The van der Waals surface area contributed by atoms with Crippen LogP contribution in [0, 0.1) is 19.3 Å². The Hall–Kier alpha value is -1.35. The summed E-state index contributed by atoms with van der Waals surface area (Å²) < 4.78 is 0. The molecule has 0 spiro atoms. The first-order chi connectivity index (χ1) is 8.22. The highest BCUT2D eigenvalue weighted by Crippen LogP contribution is 2.19. The van der Waals surface area contributed by atoms with Crippen LogP contribution in [0.3, 0.4) is 0 Å². The standard InChI is InChI=1S/C15H23NO2/c1-11-6-7-12(2)13(8-11)9-16(5)10-15(3,4)14(17)18/h6-8H,9-10H2,1-5H3,(H,17,18). The monoisotopic (exact) mass is 249 g/mol. The van der Waals surface area contributed by atoms with Crippen LogP contribution in [0.4, 0.5) is 0 Å². The number of aliphatic carboxylic acids is 1. The van der Waals surface area contributed by atoms with Gasteiger partial charge in [-0.05, 0) is 45.9 Å². The van der Waals surface area contributed by atoms with Crippen LogP contribution < -0.4 is 0 Å². The molecule has 100 valence electrons. The van der Waals surface area contributed by atoms with Gasteiger partial charge < -0.3 is 10.0 Å². The van der Waals surface area contributed by atoms with Gasteiger partial charge in [0.05, 0.1) is 5.41 Å². The summed E-state index contributed by atoms with van der Waals surface area (Å²) in [5.74, 6) is -0.754. The fourth-order valence-electron chi connectivity index (χ4n) is 2.06. The number of rotatable bonds is 5. The number of carboxylic acid groups (broad SMARTS) is 1. The molecule has 0 fully saturated rings. The van der Waals surface area contributed by atoms with E-state index in [9.17, 15) is 4.79 Å². The molecule has 1 N–H and O–H groups in total. The van der Waals surface area contributed by atoms with Gasteiger partial charge in [-0.2, -0.15) is 0 Å². The van der Waals surface area contributed by atoms with Crippen molar-refractivity contribution in [3.8, 4) is 0 Å². The molecule has 0 saturated carbocycles. The first kappa shape index (κ1) is 14.7. The van der Waals surface area contributed by atoms with Crippen molar-refractivity contribution < 1.29 is 9.90 Å². The van der Waals surface area contributed by atoms with Crippen molar-refractivity contribution in [2.45, 2.75) is 34.2 Å². The lowest BCUT2D eigenvalue weighted by Gasteiger charge is -2.27.